The summed E-state index contributed by atoms with van der Waals surface area (Å²) in [5, 5.41) is 3.30. The third kappa shape index (κ3) is 3.76. The maximum Gasteiger partial charge on any atom is 0.223 e. The number of imidazole rings is 1. The molecule has 0 aliphatic carbocycles. The Morgan fingerprint density at radius 3 is 2.75 bits per heavy atom. The van der Waals surface area contributed by atoms with Crippen LogP contribution in [0.3, 0.4) is 0 Å². The van der Waals surface area contributed by atoms with Gasteiger partial charge in [-0.25, -0.2) is 15.0 Å². The van der Waals surface area contributed by atoms with E-state index in [4.69, 9.17) is 0 Å². The molecule has 0 aliphatic heterocycles. The Morgan fingerprint density at radius 2 is 2.00 bits per heavy atom. The van der Waals surface area contributed by atoms with Crippen molar-refractivity contribution in [3.05, 3.63) is 54.5 Å². The van der Waals surface area contributed by atoms with Crippen molar-refractivity contribution in [3.63, 3.8) is 0 Å². The van der Waals surface area contributed by atoms with E-state index in [1.807, 2.05) is 38.5 Å². The van der Waals surface area contributed by atoms with Crippen LogP contribution >= 0.6 is 0 Å². The zero-order chi connectivity index (χ0) is 16.9. The first-order valence-corrected chi connectivity index (χ1v) is 8.12. The predicted molar refractivity (Wildman–Crippen MR) is 94.8 cm³/mol. The topological polar surface area (TPSA) is 68.5 Å². The van der Waals surface area contributed by atoms with E-state index in [9.17, 15) is 0 Å². The molecule has 0 saturated heterocycles. The van der Waals surface area contributed by atoms with Crippen LogP contribution in [-0.4, -0.2) is 31.0 Å². The van der Waals surface area contributed by atoms with Crippen LogP contribution in [-0.2, 0) is 0 Å². The summed E-state index contributed by atoms with van der Waals surface area (Å²) in [6.07, 6.45) is 8.37. The molecule has 3 aromatic heterocycles. The fourth-order valence-corrected chi connectivity index (χ4v) is 2.62. The van der Waals surface area contributed by atoms with Crippen LogP contribution < -0.4 is 5.32 Å². The van der Waals surface area contributed by atoms with Crippen LogP contribution in [0.2, 0.25) is 0 Å². The lowest BCUT2D eigenvalue weighted by molar-refractivity contribution is 0.519. The van der Waals surface area contributed by atoms with Crippen LogP contribution in [0.4, 0.5) is 5.95 Å². The van der Waals surface area contributed by atoms with E-state index < -0.39 is 0 Å². The second-order valence-electron chi connectivity index (χ2n) is 5.93. The van der Waals surface area contributed by atoms with Crippen LogP contribution in [0, 0.1) is 13.8 Å². The molecule has 0 aromatic carbocycles. The normalized spacial score (nSPS) is 12.1. The summed E-state index contributed by atoms with van der Waals surface area (Å²) < 4.78 is 2.10. The first kappa shape index (κ1) is 16.1. The molecule has 0 amide bonds. The van der Waals surface area contributed by atoms with E-state index in [2.05, 4.69) is 42.8 Å². The molecule has 6 heteroatoms. The van der Waals surface area contributed by atoms with Gasteiger partial charge in [-0.05, 0) is 45.4 Å². The molecule has 24 heavy (non-hydrogen) atoms. The molecule has 1 N–H and O–H groups in total. The second-order valence-corrected chi connectivity index (χ2v) is 5.93. The highest BCUT2D eigenvalue weighted by Crippen LogP contribution is 2.21. The minimum absolute atomic E-state index is 0.381. The number of anilines is 1. The maximum absolute atomic E-state index is 4.61. The largest absolute Gasteiger partial charge is 0.354 e. The molecule has 0 aliphatic rings. The molecule has 0 bridgehead atoms. The van der Waals surface area contributed by atoms with E-state index in [0.29, 0.717) is 12.0 Å². The number of rotatable bonds is 6. The van der Waals surface area contributed by atoms with Gasteiger partial charge in [0.2, 0.25) is 5.95 Å². The lowest BCUT2D eigenvalue weighted by Crippen LogP contribution is -2.11. The quantitative estimate of drug-likeness (QED) is 0.753. The van der Waals surface area contributed by atoms with Crippen LogP contribution in [0.1, 0.15) is 30.8 Å². The molecule has 124 valence electrons. The van der Waals surface area contributed by atoms with Crippen molar-refractivity contribution >= 4 is 5.95 Å². The van der Waals surface area contributed by atoms with Gasteiger partial charge in [-0.2, -0.15) is 0 Å². The Morgan fingerprint density at radius 1 is 1.12 bits per heavy atom. The van der Waals surface area contributed by atoms with Gasteiger partial charge in [0.05, 0.1) is 12.0 Å². The number of hydrogen-bond donors (Lipinski definition) is 1. The second kappa shape index (κ2) is 7.21. The molecular formula is C18H22N6. The Hall–Kier alpha value is -2.76. The highest BCUT2D eigenvalue weighted by molar-refractivity contribution is 5.62. The Kier molecular flexibility index (Phi) is 4.84. The third-order valence-electron chi connectivity index (χ3n) is 4.04. The van der Waals surface area contributed by atoms with E-state index in [1.54, 1.807) is 12.4 Å². The third-order valence-corrected chi connectivity index (χ3v) is 4.04. The Bertz CT molecular complexity index is 797. The van der Waals surface area contributed by atoms with E-state index >= 15 is 0 Å². The zero-order valence-electron chi connectivity index (χ0n) is 14.3. The van der Waals surface area contributed by atoms with Crippen molar-refractivity contribution in [2.45, 2.75) is 33.2 Å². The standard InChI is InChI=1S/C18H22N6/c1-13-4-5-16(15(3)22-13)17-7-9-21-18(23-17)20-8-6-14(2)24-11-10-19-12-24/h4-5,7,9-12,14H,6,8H2,1-3H3,(H,20,21,23)/t14-/m0/s1. The van der Waals surface area contributed by atoms with Gasteiger partial charge in [0.15, 0.2) is 0 Å². The maximum atomic E-state index is 4.61. The lowest BCUT2D eigenvalue weighted by atomic mass is 10.1. The monoisotopic (exact) mass is 322 g/mol. The molecular weight excluding hydrogens is 300 g/mol. The lowest BCUT2D eigenvalue weighted by Gasteiger charge is -2.13. The minimum Gasteiger partial charge on any atom is -0.354 e. The number of pyridine rings is 1. The molecule has 1 atom stereocenters. The zero-order valence-corrected chi connectivity index (χ0v) is 14.3. The molecule has 3 rings (SSSR count). The number of hydrogen-bond acceptors (Lipinski definition) is 5. The molecule has 0 fully saturated rings. The summed E-state index contributed by atoms with van der Waals surface area (Å²) in [6, 6.07) is 6.36. The van der Waals surface area contributed by atoms with E-state index in [0.717, 1.165) is 35.6 Å². The molecule has 0 saturated carbocycles. The van der Waals surface area contributed by atoms with E-state index in [1.165, 1.54) is 0 Å². The van der Waals surface area contributed by atoms with Crippen molar-refractivity contribution in [3.8, 4) is 11.3 Å². The summed E-state index contributed by atoms with van der Waals surface area (Å²) in [4.78, 5) is 17.5. The van der Waals surface area contributed by atoms with Gasteiger partial charge in [0, 0.05) is 48.1 Å². The molecule has 3 aromatic rings. The predicted octanol–water partition coefficient (Wildman–Crippen LogP) is 3.42. The highest BCUT2D eigenvalue weighted by Gasteiger charge is 2.07. The fraction of sp³-hybridized carbons (Fsp3) is 0.333. The van der Waals surface area contributed by atoms with Gasteiger partial charge in [-0.15, -0.1) is 0 Å². The minimum atomic E-state index is 0.381. The van der Waals surface area contributed by atoms with Crippen molar-refractivity contribution in [2.24, 2.45) is 0 Å². The molecule has 3 heterocycles. The first-order valence-electron chi connectivity index (χ1n) is 8.12. The molecule has 6 nitrogen and oxygen atoms in total. The smallest absolute Gasteiger partial charge is 0.223 e. The van der Waals surface area contributed by atoms with Gasteiger partial charge in [0.25, 0.3) is 0 Å². The summed E-state index contributed by atoms with van der Waals surface area (Å²) >= 11 is 0. The number of aromatic nitrogens is 5. The number of nitrogens with one attached hydrogen (secondary N) is 1. The SMILES string of the molecule is Cc1ccc(-c2ccnc(NCC[C@H](C)n3ccnc3)n2)c(C)n1. The van der Waals surface area contributed by atoms with Crippen LogP contribution in [0.5, 0.6) is 0 Å². The van der Waals surface area contributed by atoms with Crippen molar-refractivity contribution in [1.82, 2.24) is 24.5 Å². The van der Waals surface area contributed by atoms with Crippen molar-refractivity contribution in [1.29, 1.82) is 0 Å². The first-order chi connectivity index (χ1) is 11.6. The average Bonchev–Trinajstić information content (AvgIpc) is 3.09. The molecule has 0 unspecified atom stereocenters. The summed E-state index contributed by atoms with van der Waals surface area (Å²) in [5.41, 5.74) is 3.92. The Balaban J connectivity index is 1.65. The molecule has 0 spiro atoms. The van der Waals surface area contributed by atoms with Gasteiger partial charge >= 0.3 is 0 Å². The number of aryl methyl sites for hydroxylation is 2. The highest BCUT2D eigenvalue weighted by atomic mass is 15.1. The van der Waals surface area contributed by atoms with E-state index in [-0.39, 0.29) is 0 Å². The summed E-state index contributed by atoms with van der Waals surface area (Å²) in [7, 11) is 0. The van der Waals surface area contributed by atoms with Gasteiger partial charge in [-0.3, -0.25) is 4.98 Å². The summed E-state index contributed by atoms with van der Waals surface area (Å²) in [5.74, 6) is 0.644. The van der Waals surface area contributed by atoms with Gasteiger partial charge in [-0.1, -0.05) is 0 Å². The fourth-order valence-electron chi connectivity index (χ4n) is 2.62. The van der Waals surface area contributed by atoms with Crippen LogP contribution in [0.15, 0.2) is 43.1 Å². The Labute approximate surface area is 142 Å². The van der Waals surface area contributed by atoms with Crippen LogP contribution in [0.25, 0.3) is 11.3 Å². The molecule has 0 radical (unpaired) electrons. The van der Waals surface area contributed by atoms with Crippen molar-refractivity contribution in [2.75, 3.05) is 11.9 Å². The summed E-state index contributed by atoms with van der Waals surface area (Å²) in [6.45, 7) is 6.96. The van der Waals surface area contributed by atoms with Crippen molar-refractivity contribution < 1.29 is 0 Å². The van der Waals surface area contributed by atoms with Gasteiger partial charge < -0.3 is 9.88 Å². The van der Waals surface area contributed by atoms with Gasteiger partial charge in [0.1, 0.15) is 0 Å². The number of nitrogens with zero attached hydrogens (tertiary/aromatic N) is 5. The average molecular weight is 322 g/mol.